The molecule has 1 aliphatic carbocycles. The van der Waals surface area contributed by atoms with E-state index in [1.54, 1.807) is 0 Å². The van der Waals surface area contributed by atoms with Crippen molar-refractivity contribution < 1.29 is 0 Å². The van der Waals surface area contributed by atoms with Crippen molar-refractivity contribution >= 4 is 26.7 Å². The summed E-state index contributed by atoms with van der Waals surface area (Å²) in [5, 5.41) is 2.62. The van der Waals surface area contributed by atoms with Crippen LogP contribution >= 0.6 is 15.9 Å². The van der Waals surface area contributed by atoms with E-state index in [1.807, 2.05) is 6.92 Å². The van der Waals surface area contributed by atoms with Crippen LogP contribution < -0.4 is 0 Å². The molecule has 0 bridgehead atoms. The van der Waals surface area contributed by atoms with Crippen molar-refractivity contribution in [1.29, 1.82) is 0 Å². The van der Waals surface area contributed by atoms with Crippen molar-refractivity contribution in [2.24, 2.45) is 0 Å². The van der Waals surface area contributed by atoms with Crippen LogP contribution in [0.4, 0.5) is 0 Å². The summed E-state index contributed by atoms with van der Waals surface area (Å²) in [6.45, 7) is 2.03. The lowest BCUT2D eigenvalue weighted by Gasteiger charge is -2.07. The zero-order valence-corrected chi connectivity index (χ0v) is 13.5. The molecule has 0 amide bonds. The van der Waals surface area contributed by atoms with Crippen LogP contribution in [0, 0.1) is 6.92 Å². The molecular formula is C19H16BrN. The Morgan fingerprint density at radius 3 is 2.52 bits per heavy atom. The Morgan fingerprint density at radius 2 is 1.76 bits per heavy atom. The molecule has 1 aliphatic rings. The molecule has 2 aromatic carbocycles. The van der Waals surface area contributed by atoms with Crippen molar-refractivity contribution in [1.82, 2.24) is 4.98 Å². The molecule has 3 aromatic rings. The normalized spacial score (nSPS) is 14.6. The van der Waals surface area contributed by atoms with Crippen LogP contribution in [0.25, 0.3) is 22.0 Å². The van der Waals surface area contributed by atoms with Gasteiger partial charge < -0.3 is 0 Å². The first-order chi connectivity index (χ1) is 10.2. The molecule has 4 rings (SSSR count). The number of hydrogen-bond donors (Lipinski definition) is 0. The van der Waals surface area contributed by atoms with Crippen molar-refractivity contribution in [3.05, 3.63) is 64.3 Å². The Labute approximate surface area is 133 Å². The molecule has 1 saturated carbocycles. The van der Waals surface area contributed by atoms with Crippen LogP contribution in [0.3, 0.4) is 0 Å². The lowest BCUT2D eigenvalue weighted by molar-refractivity contribution is 1.14. The molecule has 104 valence electrons. The summed E-state index contributed by atoms with van der Waals surface area (Å²) in [5.41, 5.74) is 4.74. The second-order valence-corrected chi connectivity index (χ2v) is 6.71. The Balaban J connectivity index is 1.82. The molecule has 1 fully saturated rings. The molecule has 1 aromatic heterocycles. The van der Waals surface area contributed by atoms with Crippen LogP contribution in [0.15, 0.2) is 53.0 Å². The van der Waals surface area contributed by atoms with E-state index in [1.165, 1.54) is 34.7 Å². The molecule has 0 spiro atoms. The molecule has 1 heterocycles. The van der Waals surface area contributed by atoms with E-state index in [0.717, 1.165) is 21.8 Å². The minimum atomic E-state index is 0.797. The molecule has 0 saturated heterocycles. The first-order valence-corrected chi connectivity index (χ1v) is 8.17. The second-order valence-electron chi connectivity index (χ2n) is 5.86. The van der Waals surface area contributed by atoms with E-state index in [0.29, 0.717) is 0 Å². The van der Waals surface area contributed by atoms with E-state index in [-0.39, 0.29) is 0 Å². The van der Waals surface area contributed by atoms with Gasteiger partial charge in [-0.3, -0.25) is 4.98 Å². The average Bonchev–Trinajstić information content (AvgIpc) is 3.34. The van der Waals surface area contributed by atoms with E-state index in [9.17, 15) is 0 Å². The molecule has 0 atom stereocenters. The van der Waals surface area contributed by atoms with E-state index < -0.39 is 0 Å². The van der Waals surface area contributed by atoms with Crippen LogP contribution in [0.2, 0.25) is 0 Å². The monoisotopic (exact) mass is 337 g/mol. The number of fused-ring (bicyclic) bond motifs is 1. The first-order valence-electron chi connectivity index (χ1n) is 7.38. The van der Waals surface area contributed by atoms with Gasteiger partial charge >= 0.3 is 0 Å². The predicted octanol–water partition coefficient (Wildman–Crippen LogP) is 5.85. The first kappa shape index (κ1) is 13.0. The number of nitrogens with zero attached hydrogens (tertiary/aromatic N) is 1. The van der Waals surface area contributed by atoms with Crippen LogP contribution in [0.1, 0.15) is 30.0 Å². The van der Waals surface area contributed by atoms with Gasteiger partial charge in [0.1, 0.15) is 0 Å². The summed E-state index contributed by atoms with van der Waals surface area (Å²) < 4.78 is 1.06. The van der Waals surface area contributed by atoms with Gasteiger partial charge in [-0.1, -0.05) is 30.3 Å². The standard InChI is InChI=1S/C19H16BrN/c1-12-18(20)8-9-19(21-12)16-7-5-14-4-6-15(13-2-3-13)10-17(14)11-16/h4-11,13H,2-3H2,1H3. The summed E-state index contributed by atoms with van der Waals surface area (Å²) >= 11 is 3.51. The SMILES string of the molecule is Cc1nc(-c2ccc3ccc(C4CC4)cc3c2)ccc1Br. The van der Waals surface area contributed by atoms with Gasteiger partial charge in [-0.2, -0.15) is 0 Å². The highest BCUT2D eigenvalue weighted by Crippen LogP contribution is 2.41. The van der Waals surface area contributed by atoms with Gasteiger partial charge in [-0.15, -0.1) is 0 Å². The smallest absolute Gasteiger partial charge is 0.0706 e. The molecule has 21 heavy (non-hydrogen) atoms. The Kier molecular flexibility index (Phi) is 3.07. The van der Waals surface area contributed by atoms with Crippen molar-refractivity contribution in [3.8, 4) is 11.3 Å². The van der Waals surface area contributed by atoms with Crippen LogP contribution in [-0.4, -0.2) is 4.98 Å². The Bertz CT molecular complexity index is 834. The van der Waals surface area contributed by atoms with Gasteiger partial charge in [0.2, 0.25) is 0 Å². The molecule has 0 aliphatic heterocycles. The second kappa shape index (κ2) is 4.96. The molecule has 0 radical (unpaired) electrons. The summed E-state index contributed by atoms with van der Waals surface area (Å²) in [4.78, 5) is 4.67. The third-order valence-corrected chi connectivity index (χ3v) is 5.07. The topological polar surface area (TPSA) is 12.9 Å². The fourth-order valence-corrected chi connectivity index (χ4v) is 3.02. The largest absolute Gasteiger partial charge is 0.252 e. The van der Waals surface area contributed by atoms with Gasteiger partial charge in [0.05, 0.1) is 11.4 Å². The fraction of sp³-hybridized carbons (Fsp3) is 0.211. The van der Waals surface area contributed by atoms with E-state index in [4.69, 9.17) is 0 Å². The van der Waals surface area contributed by atoms with Gasteiger partial charge in [0.15, 0.2) is 0 Å². The zero-order chi connectivity index (χ0) is 14.4. The highest BCUT2D eigenvalue weighted by Gasteiger charge is 2.23. The summed E-state index contributed by atoms with van der Waals surface area (Å²) in [6.07, 6.45) is 2.69. The Morgan fingerprint density at radius 1 is 0.952 bits per heavy atom. The van der Waals surface area contributed by atoms with Crippen molar-refractivity contribution in [2.45, 2.75) is 25.7 Å². The summed E-state index contributed by atoms with van der Waals surface area (Å²) in [6, 6.07) is 17.6. The lowest BCUT2D eigenvalue weighted by atomic mass is 10.0. The molecule has 1 nitrogen and oxygen atoms in total. The van der Waals surface area contributed by atoms with Gasteiger partial charge in [0, 0.05) is 10.0 Å². The third-order valence-electron chi connectivity index (χ3n) is 4.23. The third kappa shape index (κ3) is 2.49. The van der Waals surface area contributed by atoms with Crippen LogP contribution in [0.5, 0.6) is 0 Å². The van der Waals surface area contributed by atoms with Gasteiger partial charge in [-0.05, 0) is 76.1 Å². The van der Waals surface area contributed by atoms with E-state index >= 15 is 0 Å². The fourth-order valence-electron chi connectivity index (χ4n) is 2.80. The lowest BCUT2D eigenvalue weighted by Crippen LogP contribution is -1.88. The van der Waals surface area contributed by atoms with Crippen molar-refractivity contribution in [3.63, 3.8) is 0 Å². The van der Waals surface area contributed by atoms with Crippen molar-refractivity contribution in [2.75, 3.05) is 0 Å². The minimum absolute atomic E-state index is 0.797. The maximum absolute atomic E-state index is 4.67. The Hall–Kier alpha value is -1.67. The number of rotatable bonds is 2. The zero-order valence-electron chi connectivity index (χ0n) is 11.9. The van der Waals surface area contributed by atoms with Crippen LogP contribution in [-0.2, 0) is 0 Å². The number of halogens is 1. The molecule has 0 N–H and O–H groups in total. The number of pyridine rings is 1. The highest BCUT2D eigenvalue weighted by atomic mass is 79.9. The quantitative estimate of drug-likeness (QED) is 0.571. The maximum Gasteiger partial charge on any atom is 0.0706 e. The molecular weight excluding hydrogens is 322 g/mol. The molecule has 0 unspecified atom stereocenters. The molecule has 2 heteroatoms. The van der Waals surface area contributed by atoms with Gasteiger partial charge in [0.25, 0.3) is 0 Å². The minimum Gasteiger partial charge on any atom is -0.252 e. The summed E-state index contributed by atoms with van der Waals surface area (Å²) in [5.74, 6) is 0.797. The summed E-state index contributed by atoms with van der Waals surface area (Å²) in [7, 11) is 0. The maximum atomic E-state index is 4.67. The van der Waals surface area contributed by atoms with Gasteiger partial charge in [-0.25, -0.2) is 0 Å². The number of hydrogen-bond acceptors (Lipinski definition) is 1. The number of aryl methyl sites for hydroxylation is 1. The highest BCUT2D eigenvalue weighted by molar-refractivity contribution is 9.10. The predicted molar refractivity (Wildman–Crippen MR) is 91.6 cm³/mol. The number of benzene rings is 2. The van der Waals surface area contributed by atoms with E-state index in [2.05, 4.69) is 69.4 Å². The number of aromatic nitrogens is 1. The average molecular weight is 338 g/mol.